The molecule has 1 aliphatic carbocycles. The highest BCUT2D eigenvalue weighted by Gasteiger charge is 2.38. The molecule has 0 unspecified atom stereocenters. The van der Waals surface area contributed by atoms with Crippen molar-refractivity contribution < 1.29 is 54.1 Å². The third-order valence-corrected chi connectivity index (χ3v) is 10.1. The van der Waals surface area contributed by atoms with Gasteiger partial charge in [0, 0.05) is 45.0 Å². The number of carbonyl (C=O) groups is 1. The Morgan fingerprint density at radius 2 is 1.75 bits per heavy atom. The molecule has 2 aromatic carbocycles. The van der Waals surface area contributed by atoms with Crippen molar-refractivity contribution in [3.05, 3.63) is 81.1 Å². The number of esters is 1. The van der Waals surface area contributed by atoms with Crippen LogP contribution < -0.4 is 13.8 Å². The summed E-state index contributed by atoms with van der Waals surface area (Å²) in [5, 5.41) is 0.148. The summed E-state index contributed by atoms with van der Waals surface area (Å²) in [6.45, 7) is -0.944. The molecule has 2 heterocycles. The van der Waals surface area contributed by atoms with Gasteiger partial charge in [0.1, 0.15) is 6.10 Å². The van der Waals surface area contributed by atoms with Crippen molar-refractivity contribution in [2.24, 2.45) is 5.92 Å². The Morgan fingerprint density at radius 3 is 2.35 bits per heavy atom. The van der Waals surface area contributed by atoms with E-state index < -0.39 is 46.0 Å². The minimum absolute atomic E-state index is 0.0738. The Balaban J connectivity index is 1.49. The van der Waals surface area contributed by atoms with Crippen molar-refractivity contribution in [2.45, 2.75) is 38.2 Å². The number of hydrogen-bond acceptors (Lipinski definition) is 9. The highest BCUT2D eigenvalue weighted by Crippen LogP contribution is 2.40. The highest BCUT2D eigenvalue weighted by atomic mass is 35.5. The van der Waals surface area contributed by atoms with Crippen LogP contribution in [0.3, 0.4) is 0 Å². The molecular weight excluding hydrogens is 748 g/mol. The van der Waals surface area contributed by atoms with Crippen molar-refractivity contribution in [2.75, 3.05) is 56.6 Å². The van der Waals surface area contributed by atoms with Crippen molar-refractivity contribution in [1.82, 2.24) is 9.88 Å². The Kier molecular flexibility index (Phi) is 12.5. The van der Waals surface area contributed by atoms with Gasteiger partial charge >= 0.3 is 18.8 Å². The summed E-state index contributed by atoms with van der Waals surface area (Å²) in [6.07, 6.45) is -1.53. The number of alkyl halides is 5. The average Bonchev–Trinajstić information content (AvgIpc) is 3.89. The summed E-state index contributed by atoms with van der Waals surface area (Å²) < 4.78 is 118. The lowest BCUT2D eigenvalue weighted by atomic mass is 10.0. The van der Waals surface area contributed by atoms with Gasteiger partial charge in [0.2, 0.25) is 10.0 Å². The minimum atomic E-state index is -5.11. The number of ether oxygens (including phenoxy) is 4. The molecule has 5 rings (SSSR count). The maximum Gasteiger partial charge on any atom is 0.417 e. The fourth-order valence-corrected chi connectivity index (χ4v) is 6.83. The van der Waals surface area contributed by atoms with Gasteiger partial charge in [-0.1, -0.05) is 29.3 Å². The van der Waals surface area contributed by atoms with E-state index in [2.05, 4.69) is 9.72 Å². The molecule has 18 heteroatoms. The molecule has 1 saturated heterocycles. The van der Waals surface area contributed by atoms with E-state index in [0.717, 1.165) is 35.5 Å². The molecule has 10 nitrogen and oxygen atoms in total. The first kappa shape index (κ1) is 38.8. The number of carbonyl (C=O) groups excluding carboxylic acids is 1. The van der Waals surface area contributed by atoms with Crippen molar-refractivity contribution in [3.8, 4) is 11.5 Å². The average molecular weight is 783 g/mol. The molecule has 51 heavy (non-hydrogen) atoms. The van der Waals surface area contributed by atoms with E-state index in [1.165, 1.54) is 30.6 Å². The first-order valence-electron chi connectivity index (χ1n) is 15.8. The van der Waals surface area contributed by atoms with E-state index in [0.29, 0.717) is 32.4 Å². The quantitative estimate of drug-likeness (QED) is 0.119. The second-order valence-electron chi connectivity index (χ2n) is 12.0. The summed E-state index contributed by atoms with van der Waals surface area (Å²) in [5.74, 6) is -1.57. The molecule has 1 aromatic heterocycles. The topological polar surface area (TPSA) is 108 Å². The van der Waals surface area contributed by atoms with Crippen LogP contribution in [0.1, 0.15) is 46.0 Å². The maximum atomic E-state index is 14.6. The number of nitrogens with zero attached hydrogens (tertiary/aromatic N) is 3. The molecule has 0 amide bonds. The maximum absolute atomic E-state index is 14.6. The largest absolute Gasteiger partial charge is 0.489 e. The molecule has 2 fully saturated rings. The van der Waals surface area contributed by atoms with Gasteiger partial charge in [0.25, 0.3) is 0 Å². The number of aromatic nitrogens is 1. The van der Waals surface area contributed by atoms with Crippen molar-refractivity contribution >= 4 is 44.9 Å². The number of benzene rings is 2. The van der Waals surface area contributed by atoms with E-state index in [9.17, 15) is 35.2 Å². The van der Waals surface area contributed by atoms with Gasteiger partial charge in [-0.25, -0.2) is 13.2 Å². The Hall–Kier alpha value is -3.44. The van der Waals surface area contributed by atoms with Crippen LogP contribution in [0.4, 0.5) is 27.6 Å². The molecule has 3 aromatic rings. The van der Waals surface area contributed by atoms with Crippen LogP contribution in [0.15, 0.2) is 48.8 Å². The number of anilines is 1. The first-order chi connectivity index (χ1) is 24.1. The van der Waals surface area contributed by atoms with Gasteiger partial charge in [0.05, 0.1) is 52.9 Å². The Bertz CT molecular complexity index is 1790. The van der Waals surface area contributed by atoms with Crippen LogP contribution in [-0.4, -0.2) is 83.1 Å². The molecule has 1 aliphatic heterocycles. The smallest absolute Gasteiger partial charge is 0.417 e. The van der Waals surface area contributed by atoms with Crippen LogP contribution in [0.25, 0.3) is 0 Å². The molecule has 278 valence electrons. The van der Waals surface area contributed by atoms with Gasteiger partial charge in [0.15, 0.2) is 11.5 Å². The van der Waals surface area contributed by atoms with Gasteiger partial charge in [-0.05, 0) is 60.2 Å². The molecule has 0 bridgehead atoms. The third-order valence-electron chi connectivity index (χ3n) is 8.26. The number of sulfonamides is 1. The molecule has 2 aliphatic rings. The molecule has 1 saturated carbocycles. The van der Waals surface area contributed by atoms with E-state index in [4.69, 9.17) is 37.4 Å². The van der Waals surface area contributed by atoms with Crippen LogP contribution >= 0.6 is 23.2 Å². The zero-order valence-electron chi connectivity index (χ0n) is 27.2. The summed E-state index contributed by atoms with van der Waals surface area (Å²) in [4.78, 5) is 19.5. The van der Waals surface area contributed by atoms with Gasteiger partial charge in [-0.3, -0.25) is 14.2 Å². The van der Waals surface area contributed by atoms with Crippen LogP contribution in [0, 0.1) is 5.92 Å². The molecular formula is C33H34Cl2F5N3O7S. The van der Waals surface area contributed by atoms with Crippen LogP contribution in [0.5, 0.6) is 11.5 Å². The zero-order valence-corrected chi connectivity index (χ0v) is 29.5. The van der Waals surface area contributed by atoms with E-state index in [1.54, 1.807) is 0 Å². The lowest BCUT2D eigenvalue weighted by Gasteiger charge is -2.30. The van der Waals surface area contributed by atoms with Gasteiger partial charge in [-0.2, -0.15) is 22.0 Å². The molecule has 0 spiro atoms. The molecule has 1 atom stereocenters. The fourth-order valence-electron chi connectivity index (χ4n) is 5.41. The third kappa shape index (κ3) is 10.6. The summed E-state index contributed by atoms with van der Waals surface area (Å²) in [7, 11) is -4.04. The standard InChI is InChI=1S/C33H34Cl2F5N3O7S/c1-51(45,46)43(9-8-42-10-12-47-13-11-42)22-5-6-23(25(15-22)33(38,39)40)31(44)49-29(16-24-26(34)17-41-18-27(24)35)21-4-7-28(50-32(36)37)30(14-21)48-19-20-2-3-20/h4-7,14-15,17-18,20,29,32H,2-3,8-13,16,19H2,1H3/t29-/m0/s1. The summed E-state index contributed by atoms with van der Waals surface area (Å²) in [5.41, 5.74) is -2.23. The summed E-state index contributed by atoms with van der Waals surface area (Å²) >= 11 is 12.7. The first-order valence-corrected chi connectivity index (χ1v) is 18.4. The summed E-state index contributed by atoms with van der Waals surface area (Å²) in [6, 6.07) is 6.30. The highest BCUT2D eigenvalue weighted by molar-refractivity contribution is 7.92. The van der Waals surface area contributed by atoms with E-state index in [-0.39, 0.29) is 70.4 Å². The van der Waals surface area contributed by atoms with Crippen molar-refractivity contribution in [3.63, 3.8) is 0 Å². The lowest BCUT2D eigenvalue weighted by Crippen LogP contribution is -2.43. The Morgan fingerprint density at radius 1 is 1.06 bits per heavy atom. The van der Waals surface area contributed by atoms with Gasteiger partial charge in [-0.15, -0.1) is 0 Å². The Labute approximate surface area is 301 Å². The fraction of sp³-hybridized carbons (Fsp3) is 0.455. The lowest BCUT2D eigenvalue weighted by molar-refractivity contribution is -0.138. The van der Waals surface area contributed by atoms with E-state index in [1.807, 2.05) is 4.90 Å². The second kappa shape index (κ2) is 16.5. The van der Waals surface area contributed by atoms with E-state index >= 15 is 0 Å². The molecule has 0 radical (unpaired) electrons. The number of rotatable bonds is 15. The predicted molar refractivity (Wildman–Crippen MR) is 178 cm³/mol. The number of morpholine rings is 1. The SMILES string of the molecule is CS(=O)(=O)N(CCN1CCOCC1)c1ccc(C(=O)O[C@@H](Cc2c(Cl)cncc2Cl)c2ccc(OC(F)F)c(OCC3CC3)c2)c(C(F)(F)F)c1. The van der Waals surface area contributed by atoms with Crippen LogP contribution in [-0.2, 0) is 32.1 Å². The van der Waals surface area contributed by atoms with Gasteiger partial charge < -0.3 is 18.9 Å². The van der Waals surface area contributed by atoms with Crippen molar-refractivity contribution in [1.29, 1.82) is 0 Å². The zero-order chi connectivity index (χ0) is 36.9. The molecule has 0 N–H and O–H groups in total. The van der Waals surface area contributed by atoms with Crippen LogP contribution in [0.2, 0.25) is 10.0 Å². The monoisotopic (exact) mass is 781 g/mol. The normalized spacial score (nSPS) is 16.2. The second-order valence-corrected chi connectivity index (χ2v) is 14.8. The predicted octanol–water partition coefficient (Wildman–Crippen LogP) is 7.04. The number of halogens is 7. The minimum Gasteiger partial charge on any atom is -0.489 e. The number of pyridine rings is 1. The number of hydrogen-bond donors (Lipinski definition) is 0.